The van der Waals surface area contributed by atoms with Crippen molar-refractivity contribution in [2.75, 3.05) is 24.6 Å². The summed E-state index contributed by atoms with van der Waals surface area (Å²) in [6.45, 7) is 2.58. The second kappa shape index (κ2) is 10.8. The molecule has 8 nitrogen and oxygen atoms in total. The molecule has 2 aromatic rings. The number of halogens is 1. The number of anilines is 1. The van der Waals surface area contributed by atoms with Gasteiger partial charge in [0.25, 0.3) is 5.91 Å². The average molecular weight is 459 g/mol. The monoisotopic (exact) mass is 458 g/mol. The molecule has 0 unspecified atom stereocenters. The third-order valence-electron chi connectivity index (χ3n) is 4.99. The maximum Gasteiger partial charge on any atom is 0.328 e. The van der Waals surface area contributed by atoms with Gasteiger partial charge in [-0.1, -0.05) is 23.7 Å². The van der Waals surface area contributed by atoms with E-state index < -0.39 is 11.9 Å². The number of benzene rings is 2. The van der Waals surface area contributed by atoms with E-state index in [4.69, 9.17) is 26.6 Å². The minimum Gasteiger partial charge on any atom is -0.482 e. The van der Waals surface area contributed by atoms with Crippen LogP contribution >= 0.6 is 11.6 Å². The van der Waals surface area contributed by atoms with E-state index >= 15 is 0 Å². The molecule has 2 aliphatic rings. The molecule has 0 aliphatic carbocycles. The Morgan fingerprint density at radius 2 is 1.62 bits per heavy atom. The van der Waals surface area contributed by atoms with Crippen LogP contribution in [-0.2, 0) is 33.8 Å². The van der Waals surface area contributed by atoms with Crippen LogP contribution in [0, 0.1) is 0 Å². The molecule has 32 heavy (non-hydrogen) atoms. The first kappa shape index (κ1) is 23.3. The van der Waals surface area contributed by atoms with E-state index in [0.29, 0.717) is 23.7 Å². The first-order valence-electron chi connectivity index (χ1n) is 10.0. The van der Waals surface area contributed by atoms with Gasteiger partial charge in [-0.2, -0.15) is 0 Å². The van der Waals surface area contributed by atoms with Crippen molar-refractivity contribution in [2.45, 2.75) is 19.4 Å². The normalized spacial score (nSPS) is 15.0. The maximum absolute atomic E-state index is 12.4. The van der Waals surface area contributed by atoms with Gasteiger partial charge < -0.3 is 25.2 Å². The minimum atomic E-state index is -1.26. The number of rotatable bonds is 4. The summed E-state index contributed by atoms with van der Waals surface area (Å²) in [4.78, 5) is 33.4. The quantitative estimate of drug-likeness (QED) is 0.603. The van der Waals surface area contributed by atoms with Crippen LogP contribution < -0.4 is 15.0 Å². The van der Waals surface area contributed by atoms with Crippen molar-refractivity contribution in [3.63, 3.8) is 0 Å². The molecule has 4 rings (SSSR count). The number of carboxylic acids is 2. The number of amides is 1. The van der Waals surface area contributed by atoms with Gasteiger partial charge in [0.05, 0.1) is 12.2 Å². The van der Waals surface area contributed by atoms with Crippen LogP contribution in [0.15, 0.2) is 48.6 Å². The van der Waals surface area contributed by atoms with E-state index in [2.05, 4.69) is 17.4 Å². The van der Waals surface area contributed by atoms with E-state index in [9.17, 15) is 14.4 Å². The Hall–Kier alpha value is -3.36. The predicted molar refractivity (Wildman–Crippen MR) is 119 cm³/mol. The Morgan fingerprint density at radius 3 is 2.22 bits per heavy atom. The van der Waals surface area contributed by atoms with Gasteiger partial charge in [-0.15, -0.1) is 0 Å². The molecule has 0 radical (unpaired) electrons. The number of ether oxygens (including phenoxy) is 1. The second-order valence-electron chi connectivity index (χ2n) is 7.24. The maximum atomic E-state index is 12.4. The molecule has 0 saturated carbocycles. The van der Waals surface area contributed by atoms with Crippen molar-refractivity contribution in [2.24, 2.45) is 0 Å². The van der Waals surface area contributed by atoms with E-state index in [0.717, 1.165) is 42.9 Å². The van der Waals surface area contributed by atoms with Gasteiger partial charge in [0.15, 0.2) is 6.61 Å². The molecular weight excluding hydrogens is 436 g/mol. The zero-order valence-corrected chi connectivity index (χ0v) is 18.0. The first-order valence-corrected chi connectivity index (χ1v) is 10.4. The highest BCUT2D eigenvalue weighted by Gasteiger charge is 2.27. The van der Waals surface area contributed by atoms with Crippen LogP contribution in [0.3, 0.4) is 0 Å². The molecule has 168 valence electrons. The summed E-state index contributed by atoms with van der Waals surface area (Å²) in [5, 5.41) is 19.7. The Labute approximate surface area is 190 Å². The third-order valence-corrected chi connectivity index (χ3v) is 5.24. The Morgan fingerprint density at radius 1 is 1.03 bits per heavy atom. The van der Waals surface area contributed by atoms with E-state index in [1.807, 2.05) is 29.2 Å². The van der Waals surface area contributed by atoms with Crippen LogP contribution in [0.2, 0.25) is 5.02 Å². The predicted octanol–water partition coefficient (Wildman–Crippen LogP) is 2.67. The number of carbonyl (C=O) groups is 3. The van der Waals surface area contributed by atoms with Crippen LogP contribution in [0.5, 0.6) is 5.75 Å². The summed E-state index contributed by atoms with van der Waals surface area (Å²) in [7, 11) is 0. The fourth-order valence-electron chi connectivity index (χ4n) is 3.46. The smallest absolute Gasteiger partial charge is 0.328 e. The number of aliphatic carboxylic acids is 2. The van der Waals surface area contributed by atoms with Crippen LogP contribution in [0.4, 0.5) is 5.69 Å². The zero-order valence-electron chi connectivity index (χ0n) is 17.2. The number of nitrogens with zero attached hydrogens (tertiary/aromatic N) is 1. The molecule has 0 bridgehead atoms. The molecule has 1 amide bonds. The van der Waals surface area contributed by atoms with Crippen molar-refractivity contribution in [3.05, 3.63) is 70.3 Å². The van der Waals surface area contributed by atoms with Crippen LogP contribution in [0.25, 0.3) is 0 Å². The Bertz CT molecular complexity index is 1020. The van der Waals surface area contributed by atoms with Crippen molar-refractivity contribution < 1.29 is 29.3 Å². The lowest BCUT2D eigenvalue weighted by atomic mass is 10.00. The third kappa shape index (κ3) is 6.32. The standard InChI is InChI=1S/C19H19ClN2O2.C4H4O4/c20-16-3-1-13(2-4-16)11-22-17-9-14-5-7-21-8-6-15(14)10-18(17)24-12-19(22)23;5-3(6)1-2-4(7)8/h1-4,9-10,21H,5-8,11-12H2;1-2H,(H,5,6)(H,7,8)/b;2-1+. The molecule has 3 N–H and O–H groups in total. The lowest BCUT2D eigenvalue weighted by Gasteiger charge is -2.30. The topological polar surface area (TPSA) is 116 Å². The molecule has 0 saturated heterocycles. The summed E-state index contributed by atoms with van der Waals surface area (Å²) in [6.07, 6.45) is 3.09. The van der Waals surface area contributed by atoms with E-state index in [-0.39, 0.29) is 12.5 Å². The number of hydrogen-bond donors (Lipinski definition) is 3. The van der Waals surface area contributed by atoms with Crippen molar-refractivity contribution in [3.8, 4) is 5.75 Å². The zero-order chi connectivity index (χ0) is 23.1. The number of hydrogen-bond acceptors (Lipinski definition) is 5. The van der Waals surface area contributed by atoms with E-state index in [1.165, 1.54) is 11.1 Å². The number of fused-ring (bicyclic) bond motifs is 2. The Kier molecular flexibility index (Phi) is 7.86. The van der Waals surface area contributed by atoms with Crippen molar-refractivity contribution >= 4 is 35.1 Å². The highest BCUT2D eigenvalue weighted by molar-refractivity contribution is 6.30. The largest absolute Gasteiger partial charge is 0.482 e. The lowest BCUT2D eigenvalue weighted by molar-refractivity contribution is -0.134. The Balaban J connectivity index is 0.000000312. The number of carbonyl (C=O) groups excluding carboxylic acids is 1. The number of carboxylic acid groups (broad SMARTS) is 2. The summed E-state index contributed by atoms with van der Waals surface area (Å²) in [6, 6.07) is 11.9. The molecule has 2 aromatic carbocycles. The van der Waals surface area contributed by atoms with Gasteiger partial charge in [-0.3, -0.25) is 4.79 Å². The molecular formula is C23H23ClN2O6. The fraction of sp³-hybridized carbons (Fsp3) is 0.261. The van der Waals surface area contributed by atoms with Crippen molar-refractivity contribution in [1.82, 2.24) is 5.32 Å². The van der Waals surface area contributed by atoms with Gasteiger partial charge >= 0.3 is 11.9 Å². The minimum absolute atomic E-state index is 0.0100. The summed E-state index contributed by atoms with van der Waals surface area (Å²) in [5.74, 6) is -1.71. The molecule has 0 aromatic heterocycles. The van der Waals surface area contributed by atoms with Gasteiger partial charge in [-0.05, 0) is 66.9 Å². The van der Waals surface area contributed by atoms with Gasteiger partial charge in [0.2, 0.25) is 0 Å². The van der Waals surface area contributed by atoms with Crippen LogP contribution in [-0.4, -0.2) is 47.8 Å². The molecule has 0 spiro atoms. The first-order chi connectivity index (χ1) is 15.3. The highest BCUT2D eigenvalue weighted by Crippen LogP contribution is 2.36. The highest BCUT2D eigenvalue weighted by atomic mass is 35.5. The molecule has 0 fully saturated rings. The van der Waals surface area contributed by atoms with Crippen molar-refractivity contribution in [1.29, 1.82) is 0 Å². The SMILES string of the molecule is O=C(O)/C=C/C(=O)O.O=C1COc2cc3c(cc2N1Cc1ccc(Cl)cc1)CCNCC3. The molecule has 9 heteroatoms. The molecule has 2 aliphatic heterocycles. The second-order valence-corrected chi connectivity index (χ2v) is 7.68. The van der Waals surface area contributed by atoms with Gasteiger partial charge in [-0.25, -0.2) is 9.59 Å². The van der Waals surface area contributed by atoms with Crippen LogP contribution in [0.1, 0.15) is 16.7 Å². The fourth-order valence-corrected chi connectivity index (χ4v) is 3.58. The van der Waals surface area contributed by atoms with E-state index in [1.54, 1.807) is 0 Å². The molecule has 2 heterocycles. The average Bonchev–Trinajstić information content (AvgIpc) is 3.00. The van der Waals surface area contributed by atoms with Gasteiger partial charge in [0, 0.05) is 17.2 Å². The van der Waals surface area contributed by atoms with Gasteiger partial charge in [0.1, 0.15) is 5.75 Å². The summed E-state index contributed by atoms with van der Waals surface area (Å²) >= 11 is 5.95. The summed E-state index contributed by atoms with van der Waals surface area (Å²) in [5.41, 5.74) is 4.55. The number of nitrogens with one attached hydrogen (secondary N) is 1. The lowest BCUT2D eigenvalue weighted by Crippen LogP contribution is -2.38. The molecule has 0 atom stereocenters. The summed E-state index contributed by atoms with van der Waals surface area (Å²) < 4.78 is 5.70.